The molecule has 0 amide bonds. The molecule has 4 nitrogen and oxygen atoms in total. The maximum Gasteiger partial charge on any atom is 0.206 e. The quantitative estimate of drug-likeness (QED) is 0.705. The van der Waals surface area contributed by atoms with Gasteiger partial charge in [0.25, 0.3) is 0 Å². The van der Waals surface area contributed by atoms with E-state index in [-0.39, 0.29) is 22.1 Å². The molecule has 0 aliphatic carbocycles. The zero-order valence-corrected chi connectivity index (χ0v) is 14.0. The van der Waals surface area contributed by atoms with E-state index >= 15 is 0 Å². The Morgan fingerprint density at radius 1 is 0.880 bits per heavy atom. The summed E-state index contributed by atoms with van der Waals surface area (Å²) in [6.45, 7) is 0.258. The van der Waals surface area contributed by atoms with E-state index in [2.05, 4.69) is 0 Å². The minimum atomic E-state index is -3.86. The molecule has 0 atom stereocenters. The maximum absolute atomic E-state index is 13.4. The topological polar surface area (TPSA) is 69.4 Å². The highest BCUT2D eigenvalue weighted by atomic mass is 32.2. The van der Waals surface area contributed by atoms with E-state index in [9.17, 15) is 12.8 Å². The van der Waals surface area contributed by atoms with Crippen LogP contribution in [0.3, 0.4) is 0 Å². The lowest BCUT2D eigenvalue weighted by Crippen LogP contribution is -2.05. The van der Waals surface area contributed by atoms with Crippen LogP contribution in [0.5, 0.6) is 5.75 Å². The van der Waals surface area contributed by atoms with Crippen molar-refractivity contribution in [3.05, 3.63) is 84.2 Å². The number of hydrogen-bond donors (Lipinski definition) is 1. The molecular formula is C19H16FNO3S. The summed E-state index contributed by atoms with van der Waals surface area (Å²) in [5, 5.41) is 0. The number of nitrogen functional groups attached to an aromatic ring is 1. The Kier molecular flexibility index (Phi) is 4.72. The molecule has 0 aromatic heterocycles. The van der Waals surface area contributed by atoms with Gasteiger partial charge in [-0.1, -0.05) is 36.4 Å². The molecule has 0 aliphatic rings. The predicted molar refractivity (Wildman–Crippen MR) is 93.5 cm³/mol. The van der Waals surface area contributed by atoms with Gasteiger partial charge in [-0.3, -0.25) is 0 Å². The van der Waals surface area contributed by atoms with E-state index in [1.807, 2.05) is 30.3 Å². The van der Waals surface area contributed by atoms with Gasteiger partial charge < -0.3 is 10.5 Å². The van der Waals surface area contributed by atoms with Gasteiger partial charge in [0, 0.05) is 6.07 Å². The lowest BCUT2D eigenvalue weighted by atomic mass is 10.2. The van der Waals surface area contributed by atoms with Gasteiger partial charge in [0.1, 0.15) is 18.2 Å². The highest BCUT2D eigenvalue weighted by molar-refractivity contribution is 7.91. The van der Waals surface area contributed by atoms with E-state index < -0.39 is 15.7 Å². The number of benzene rings is 3. The molecule has 25 heavy (non-hydrogen) atoms. The van der Waals surface area contributed by atoms with E-state index in [1.165, 1.54) is 36.4 Å². The highest BCUT2D eigenvalue weighted by Gasteiger charge is 2.19. The van der Waals surface area contributed by atoms with Crippen LogP contribution in [0.25, 0.3) is 0 Å². The summed E-state index contributed by atoms with van der Waals surface area (Å²) < 4.78 is 44.3. The van der Waals surface area contributed by atoms with Gasteiger partial charge in [0.05, 0.1) is 15.5 Å². The molecule has 0 spiro atoms. The van der Waals surface area contributed by atoms with E-state index in [4.69, 9.17) is 10.5 Å². The second-order valence-electron chi connectivity index (χ2n) is 5.43. The first-order valence-electron chi connectivity index (χ1n) is 7.54. The molecule has 0 bridgehead atoms. The fraction of sp³-hybridized carbons (Fsp3) is 0.0526. The number of sulfone groups is 1. The van der Waals surface area contributed by atoms with Gasteiger partial charge in [0.15, 0.2) is 0 Å². The summed E-state index contributed by atoms with van der Waals surface area (Å²) in [7, 11) is -3.86. The van der Waals surface area contributed by atoms with Crippen molar-refractivity contribution in [1.29, 1.82) is 0 Å². The number of halogens is 1. The SMILES string of the molecule is Nc1ccc(S(=O)(=O)c2cccc(F)c2)cc1OCc1ccccc1. The van der Waals surface area contributed by atoms with Crippen molar-refractivity contribution in [2.24, 2.45) is 0 Å². The van der Waals surface area contributed by atoms with Gasteiger partial charge in [0.2, 0.25) is 9.84 Å². The third kappa shape index (κ3) is 3.80. The van der Waals surface area contributed by atoms with Gasteiger partial charge in [-0.05, 0) is 35.9 Å². The first-order valence-corrected chi connectivity index (χ1v) is 9.02. The van der Waals surface area contributed by atoms with Crippen LogP contribution in [0.15, 0.2) is 82.6 Å². The second kappa shape index (κ2) is 6.94. The van der Waals surface area contributed by atoms with Crippen molar-refractivity contribution in [1.82, 2.24) is 0 Å². The molecule has 3 rings (SSSR count). The monoisotopic (exact) mass is 357 g/mol. The zero-order valence-electron chi connectivity index (χ0n) is 13.2. The fourth-order valence-electron chi connectivity index (χ4n) is 2.31. The normalized spacial score (nSPS) is 11.2. The first kappa shape index (κ1) is 17.0. The van der Waals surface area contributed by atoms with Crippen LogP contribution < -0.4 is 10.5 Å². The molecule has 128 valence electrons. The summed E-state index contributed by atoms with van der Waals surface area (Å²) >= 11 is 0. The van der Waals surface area contributed by atoms with Gasteiger partial charge in [-0.25, -0.2) is 12.8 Å². The molecule has 0 radical (unpaired) electrons. The molecule has 3 aromatic rings. The van der Waals surface area contributed by atoms with Crippen LogP contribution in [0, 0.1) is 5.82 Å². The number of ether oxygens (including phenoxy) is 1. The van der Waals surface area contributed by atoms with Gasteiger partial charge in [-0.15, -0.1) is 0 Å². The van der Waals surface area contributed by atoms with Crippen LogP contribution in [-0.4, -0.2) is 8.42 Å². The van der Waals surface area contributed by atoms with Crippen LogP contribution in [0.2, 0.25) is 0 Å². The molecule has 0 saturated heterocycles. The van der Waals surface area contributed by atoms with Crippen molar-refractivity contribution < 1.29 is 17.5 Å². The lowest BCUT2D eigenvalue weighted by molar-refractivity contribution is 0.307. The minimum absolute atomic E-state index is 0.00429. The van der Waals surface area contributed by atoms with Crippen LogP contribution in [0.4, 0.5) is 10.1 Å². The largest absolute Gasteiger partial charge is 0.487 e. The van der Waals surface area contributed by atoms with Crippen LogP contribution >= 0.6 is 0 Å². The molecule has 0 saturated carbocycles. The average Bonchev–Trinajstić information content (AvgIpc) is 2.62. The summed E-state index contributed by atoms with van der Waals surface area (Å²) in [6, 6.07) is 18.5. The molecule has 0 aliphatic heterocycles. The standard InChI is InChI=1S/C19H16FNO3S/c20-15-7-4-8-16(11-15)25(22,23)17-9-10-18(21)19(12-17)24-13-14-5-2-1-3-6-14/h1-12H,13,21H2. The number of anilines is 1. The molecular weight excluding hydrogens is 341 g/mol. The Balaban J connectivity index is 1.91. The minimum Gasteiger partial charge on any atom is -0.487 e. The zero-order chi connectivity index (χ0) is 17.9. The summed E-state index contributed by atoms with van der Waals surface area (Å²) in [5.74, 6) is -0.349. The number of rotatable bonds is 5. The van der Waals surface area contributed by atoms with E-state index in [0.29, 0.717) is 5.69 Å². The Bertz CT molecular complexity index is 989. The number of nitrogens with two attached hydrogens (primary N) is 1. The highest BCUT2D eigenvalue weighted by Crippen LogP contribution is 2.29. The summed E-state index contributed by atoms with van der Waals surface area (Å²) in [5.41, 5.74) is 7.14. The third-order valence-corrected chi connectivity index (χ3v) is 5.39. The van der Waals surface area contributed by atoms with Gasteiger partial charge in [-0.2, -0.15) is 0 Å². The van der Waals surface area contributed by atoms with Gasteiger partial charge >= 0.3 is 0 Å². The predicted octanol–water partition coefficient (Wildman–Crippen LogP) is 3.82. The van der Waals surface area contributed by atoms with E-state index in [1.54, 1.807) is 0 Å². The molecule has 0 unspecified atom stereocenters. The van der Waals surface area contributed by atoms with E-state index in [0.717, 1.165) is 11.6 Å². The Morgan fingerprint density at radius 2 is 1.60 bits per heavy atom. The van der Waals surface area contributed by atoms with Crippen molar-refractivity contribution >= 4 is 15.5 Å². The maximum atomic E-state index is 13.4. The van der Waals surface area contributed by atoms with Crippen molar-refractivity contribution in [3.8, 4) is 5.75 Å². The Labute approximate surface area is 145 Å². The summed E-state index contributed by atoms with van der Waals surface area (Å²) in [4.78, 5) is -0.123. The fourth-order valence-corrected chi connectivity index (χ4v) is 3.62. The lowest BCUT2D eigenvalue weighted by Gasteiger charge is -2.11. The summed E-state index contributed by atoms with van der Waals surface area (Å²) in [6.07, 6.45) is 0. The molecule has 0 fully saturated rings. The molecule has 6 heteroatoms. The van der Waals surface area contributed by atoms with Crippen molar-refractivity contribution in [2.75, 3.05) is 5.73 Å². The molecule has 2 N–H and O–H groups in total. The first-order chi connectivity index (χ1) is 12.0. The molecule has 0 heterocycles. The molecule has 3 aromatic carbocycles. The van der Waals surface area contributed by atoms with Crippen LogP contribution in [-0.2, 0) is 16.4 Å². The Morgan fingerprint density at radius 3 is 2.32 bits per heavy atom. The van der Waals surface area contributed by atoms with Crippen LogP contribution in [0.1, 0.15) is 5.56 Å². The average molecular weight is 357 g/mol. The number of hydrogen-bond acceptors (Lipinski definition) is 4. The second-order valence-corrected chi connectivity index (χ2v) is 7.38. The van der Waals surface area contributed by atoms with Crippen molar-refractivity contribution in [2.45, 2.75) is 16.4 Å². The van der Waals surface area contributed by atoms with Crippen molar-refractivity contribution in [3.63, 3.8) is 0 Å². The third-order valence-electron chi connectivity index (χ3n) is 3.64. The smallest absolute Gasteiger partial charge is 0.206 e. The Hall–Kier alpha value is -2.86.